The summed E-state index contributed by atoms with van der Waals surface area (Å²) in [6, 6.07) is 77.9. The molecule has 57 heavy (non-hydrogen) atoms. The van der Waals surface area contributed by atoms with Gasteiger partial charge in [0.1, 0.15) is 5.58 Å². The Balaban J connectivity index is 1.08. The van der Waals surface area contributed by atoms with E-state index in [0.29, 0.717) is 0 Å². The van der Waals surface area contributed by atoms with Crippen LogP contribution in [0.3, 0.4) is 0 Å². The lowest BCUT2D eigenvalue weighted by Gasteiger charge is -2.26. The van der Waals surface area contributed by atoms with E-state index in [2.05, 4.69) is 228 Å². The first-order valence-electron chi connectivity index (χ1n) is 19.4. The van der Waals surface area contributed by atoms with Crippen LogP contribution < -0.4 is 4.90 Å². The molecule has 0 saturated carbocycles. The Morgan fingerprint density at radius 1 is 0.368 bits per heavy atom. The van der Waals surface area contributed by atoms with Gasteiger partial charge in [-0.1, -0.05) is 158 Å². The van der Waals surface area contributed by atoms with E-state index < -0.39 is 0 Å². The molecule has 268 valence electrons. The highest BCUT2D eigenvalue weighted by atomic mass is 16.3. The van der Waals surface area contributed by atoms with Crippen molar-refractivity contribution in [3.63, 3.8) is 0 Å². The van der Waals surface area contributed by atoms with Crippen molar-refractivity contribution >= 4 is 60.8 Å². The third-order valence-corrected chi connectivity index (χ3v) is 11.2. The average molecular weight is 729 g/mol. The zero-order chi connectivity index (χ0) is 37.7. The number of nitrogens with zero attached hydrogens (tertiary/aromatic N) is 2. The van der Waals surface area contributed by atoms with Gasteiger partial charge in [0.25, 0.3) is 0 Å². The number of rotatable bonds is 7. The van der Waals surface area contributed by atoms with Gasteiger partial charge in [-0.25, -0.2) is 0 Å². The summed E-state index contributed by atoms with van der Waals surface area (Å²) in [6.45, 7) is 0. The van der Waals surface area contributed by atoms with Crippen LogP contribution >= 0.6 is 0 Å². The summed E-state index contributed by atoms with van der Waals surface area (Å²) in [4.78, 5) is 2.31. The fourth-order valence-electron chi connectivity index (χ4n) is 8.52. The molecule has 0 fully saturated rings. The average Bonchev–Trinajstić information content (AvgIpc) is 3.84. The quantitative estimate of drug-likeness (QED) is 0.163. The van der Waals surface area contributed by atoms with Gasteiger partial charge in [0, 0.05) is 44.2 Å². The summed E-state index contributed by atoms with van der Waals surface area (Å²) < 4.78 is 9.27. The van der Waals surface area contributed by atoms with Crippen molar-refractivity contribution in [2.45, 2.75) is 0 Å². The smallest absolute Gasteiger partial charge is 0.159 e. The standard InChI is InChI=1S/C54H36N2O/c1-4-14-37(15-5-1)39-26-31-43(32-27-39)55(44-33-28-40(29-34-44)38-16-6-2-7-17-38)51-25-13-23-48-49-36-41(30-35-52(49)57-54(48)51)45-21-12-22-47-46-20-10-11-24-50(46)56(53(45)47)42-18-8-3-9-19-42/h1-36H. The third-order valence-electron chi connectivity index (χ3n) is 11.2. The minimum Gasteiger partial charge on any atom is -0.454 e. The van der Waals surface area contributed by atoms with Crippen molar-refractivity contribution in [1.82, 2.24) is 4.57 Å². The van der Waals surface area contributed by atoms with E-state index in [0.717, 1.165) is 50.3 Å². The first kappa shape index (κ1) is 32.8. The summed E-state index contributed by atoms with van der Waals surface area (Å²) in [6.07, 6.45) is 0. The third kappa shape index (κ3) is 5.60. The minimum absolute atomic E-state index is 0.848. The van der Waals surface area contributed by atoms with Crippen LogP contribution in [0.2, 0.25) is 0 Å². The van der Waals surface area contributed by atoms with Gasteiger partial charge in [0.15, 0.2) is 5.58 Å². The van der Waals surface area contributed by atoms with Crippen LogP contribution in [0.25, 0.3) is 82.8 Å². The summed E-state index contributed by atoms with van der Waals surface area (Å²) in [7, 11) is 0. The second kappa shape index (κ2) is 13.6. The number of hydrogen-bond donors (Lipinski definition) is 0. The molecule has 0 aliphatic heterocycles. The molecule has 0 N–H and O–H groups in total. The molecule has 3 heteroatoms. The van der Waals surface area contributed by atoms with Crippen LogP contribution in [0, 0.1) is 0 Å². The fourth-order valence-corrected chi connectivity index (χ4v) is 8.52. The number of furan rings is 1. The molecule has 11 rings (SSSR count). The lowest BCUT2D eigenvalue weighted by atomic mass is 9.99. The van der Waals surface area contributed by atoms with Crippen molar-refractivity contribution in [2.75, 3.05) is 4.90 Å². The zero-order valence-corrected chi connectivity index (χ0v) is 31.1. The predicted molar refractivity (Wildman–Crippen MR) is 239 cm³/mol. The highest BCUT2D eigenvalue weighted by Gasteiger charge is 2.21. The Morgan fingerprint density at radius 3 is 1.56 bits per heavy atom. The van der Waals surface area contributed by atoms with Crippen molar-refractivity contribution in [2.24, 2.45) is 0 Å². The van der Waals surface area contributed by atoms with Crippen LogP contribution in [0.5, 0.6) is 0 Å². The van der Waals surface area contributed by atoms with E-state index >= 15 is 0 Å². The molecular weight excluding hydrogens is 693 g/mol. The van der Waals surface area contributed by atoms with Gasteiger partial charge in [-0.05, 0) is 88.5 Å². The van der Waals surface area contributed by atoms with Gasteiger partial charge in [0.05, 0.1) is 16.7 Å². The molecule has 0 radical (unpaired) electrons. The lowest BCUT2D eigenvalue weighted by molar-refractivity contribution is 0.669. The SMILES string of the molecule is c1ccc(-c2ccc(N(c3ccc(-c4ccccc4)cc3)c3cccc4c3oc3ccc(-c5cccc6c7ccccc7n(-c7ccccc7)c56)cc34)cc2)cc1. The number of para-hydroxylation sites is 4. The largest absolute Gasteiger partial charge is 0.454 e. The molecule has 0 unspecified atom stereocenters. The minimum atomic E-state index is 0.848. The molecule has 11 aromatic rings. The summed E-state index contributed by atoms with van der Waals surface area (Å²) >= 11 is 0. The number of hydrogen-bond acceptors (Lipinski definition) is 2. The molecule has 3 nitrogen and oxygen atoms in total. The molecule has 0 aliphatic carbocycles. The highest BCUT2D eigenvalue weighted by Crippen LogP contribution is 2.45. The Kier molecular flexibility index (Phi) is 7.82. The van der Waals surface area contributed by atoms with Gasteiger partial charge < -0.3 is 13.9 Å². The Morgan fingerprint density at radius 2 is 0.895 bits per heavy atom. The first-order valence-corrected chi connectivity index (χ1v) is 19.4. The van der Waals surface area contributed by atoms with Crippen LogP contribution in [-0.4, -0.2) is 4.57 Å². The Hall–Kier alpha value is -7.62. The summed E-state index contributed by atoms with van der Waals surface area (Å²) in [5.74, 6) is 0. The fraction of sp³-hybridized carbons (Fsp3) is 0. The maximum absolute atomic E-state index is 6.87. The predicted octanol–water partition coefficient (Wildman–Crippen LogP) is 15.2. The van der Waals surface area contributed by atoms with E-state index in [-0.39, 0.29) is 0 Å². The van der Waals surface area contributed by atoms with Gasteiger partial charge in [0.2, 0.25) is 0 Å². The van der Waals surface area contributed by atoms with E-state index in [1.807, 2.05) is 0 Å². The van der Waals surface area contributed by atoms with Crippen molar-refractivity contribution in [3.05, 3.63) is 218 Å². The molecule has 0 amide bonds. The first-order chi connectivity index (χ1) is 28.3. The van der Waals surface area contributed by atoms with Gasteiger partial charge in [-0.2, -0.15) is 0 Å². The van der Waals surface area contributed by atoms with E-state index in [1.54, 1.807) is 0 Å². The maximum Gasteiger partial charge on any atom is 0.159 e. The second-order valence-electron chi connectivity index (χ2n) is 14.5. The highest BCUT2D eigenvalue weighted by molar-refractivity contribution is 6.15. The molecular formula is C54H36N2O. The van der Waals surface area contributed by atoms with Gasteiger partial charge >= 0.3 is 0 Å². The Labute approximate surface area is 330 Å². The van der Waals surface area contributed by atoms with Crippen LogP contribution in [0.4, 0.5) is 17.1 Å². The maximum atomic E-state index is 6.87. The van der Waals surface area contributed by atoms with Gasteiger partial charge in [-0.15, -0.1) is 0 Å². The molecule has 9 aromatic carbocycles. The molecule has 0 bridgehead atoms. The topological polar surface area (TPSA) is 21.3 Å². The van der Waals surface area contributed by atoms with Crippen LogP contribution in [0.15, 0.2) is 223 Å². The van der Waals surface area contributed by atoms with E-state index in [4.69, 9.17) is 4.42 Å². The number of aromatic nitrogens is 1. The number of anilines is 3. The zero-order valence-electron chi connectivity index (χ0n) is 31.1. The normalized spacial score (nSPS) is 11.5. The van der Waals surface area contributed by atoms with Crippen LogP contribution in [-0.2, 0) is 0 Å². The van der Waals surface area contributed by atoms with Crippen molar-refractivity contribution in [1.29, 1.82) is 0 Å². The van der Waals surface area contributed by atoms with Crippen molar-refractivity contribution < 1.29 is 4.42 Å². The Bertz CT molecular complexity index is 3120. The van der Waals surface area contributed by atoms with Crippen molar-refractivity contribution in [3.8, 4) is 39.1 Å². The van der Waals surface area contributed by atoms with E-state index in [1.165, 1.54) is 49.6 Å². The van der Waals surface area contributed by atoms with E-state index in [9.17, 15) is 0 Å². The lowest BCUT2D eigenvalue weighted by Crippen LogP contribution is -2.10. The number of benzene rings is 9. The molecule has 2 heterocycles. The molecule has 2 aromatic heterocycles. The van der Waals surface area contributed by atoms with Crippen LogP contribution in [0.1, 0.15) is 0 Å². The molecule has 0 aliphatic rings. The molecule has 0 spiro atoms. The van der Waals surface area contributed by atoms with Gasteiger partial charge in [-0.3, -0.25) is 0 Å². The summed E-state index contributed by atoms with van der Waals surface area (Å²) in [5.41, 5.74) is 15.4. The monoisotopic (exact) mass is 728 g/mol. The second-order valence-corrected chi connectivity index (χ2v) is 14.5. The molecule has 0 atom stereocenters. The molecule has 0 saturated heterocycles. The summed E-state index contributed by atoms with van der Waals surface area (Å²) in [5, 5.41) is 4.64. The number of fused-ring (bicyclic) bond motifs is 6.